The highest BCUT2D eigenvalue weighted by Crippen LogP contribution is 2.39. The summed E-state index contributed by atoms with van der Waals surface area (Å²) in [6.07, 6.45) is 3.88. The van der Waals surface area contributed by atoms with Crippen molar-refractivity contribution in [1.29, 1.82) is 0 Å². The van der Waals surface area contributed by atoms with Gasteiger partial charge in [-0.15, -0.1) is 0 Å². The number of carbonyl (C=O) groups excluding carboxylic acids is 2. The van der Waals surface area contributed by atoms with Gasteiger partial charge in [-0.3, -0.25) is 9.59 Å². The molecule has 2 atom stereocenters. The highest BCUT2D eigenvalue weighted by atomic mass is 16.5. The van der Waals surface area contributed by atoms with Gasteiger partial charge in [0.25, 0.3) is 0 Å². The van der Waals surface area contributed by atoms with Gasteiger partial charge in [0.05, 0.1) is 11.6 Å². The van der Waals surface area contributed by atoms with Crippen molar-refractivity contribution in [3.05, 3.63) is 0 Å². The molecule has 2 amide bonds. The average molecular weight is 268 g/mol. The Morgan fingerprint density at radius 3 is 2.68 bits per heavy atom. The van der Waals surface area contributed by atoms with E-state index in [1.807, 2.05) is 9.80 Å². The van der Waals surface area contributed by atoms with Crippen molar-refractivity contribution in [2.24, 2.45) is 0 Å². The number of likely N-dealkylation sites (tertiary alicyclic amines) is 2. The Hall–Kier alpha value is -1.10. The number of methoxy groups -OCH3 is 1. The van der Waals surface area contributed by atoms with Gasteiger partial charge in [0.2, 0.25) is 11.8 Å². The third-order valence-corrected chi connectivity index (χ3v) is 4.63. The number of nitrogens with zero attached hydrogens (tertiary/aromatic N) is 2. The van der Waals surface area contributed by atoms with Crippen LogP contribution >= 0.6 is 0 Å². The molecular formula is C14H24N2O3. The van der Waals surface area contributed by atoms with Gasteiger partial charge in [0.15, 0.2) is 0 Å². The van der Waals surface area contributed by atoms with Crippen molar-refractivity contribution < 1.29 is 14.3 Å². The molecule has 2 aliphatic rings. The van der Waals surface area contributed by atoms with E-state index in [0.29, 0.717) is 0 Å². The maximum absolute atomic E-state index is 12.2. The number of piperidine rings is 2. The predicted molar refractivity (Wildman–Crippen MR) is 71.6 cm³/mol. The van der Waals surface area contributed by atoms with Gasteiger partial charge in [-0.25, -0.2) is 0 Å². The van der Waals surface area contributed by atoms with Gasteiger partial charge in [-0.2, -0.15) is 0 Å². The summed E-state index contributed by atoms with van der Waals surface area (Å²) in [5, 5.41) is 0. The first kappa shape index (κ1) is 14.3. The maximum atomic E-state index is 12.2. The molecule has 2 rings (SSSR count). The van der Waals surface area contributed by atoms with Crippen LogP contribution in [0.2, 0.25) is 0 Å². The molecule has 0 unspecified atom stereocenters. The van der Waals surface area contributed by atoms with Crippen molar-refractivity contribution in [2.45, 2.75) is 51.1 Å². The number of ether oxygens (including phenoxy) is 1. The van der Waals surface area contributed by atoms with Gasteiger partial charge < -0.3 is 14.5 Å². The minimum atomic E-state index is -0.224. The second-order valence-corrected chi connectivity index (χ2v) is 5.81. The van der Waals surface area contributed by atoms with E-state index in [1.54, 1.807) is 14.0 Å². The minimum absolute atomic E-state index is 0.0418. The van der Waals surface area contributed by atoms with Crippen LogP contribution in [-0.4, -0.2) is 60.0 Å². The van der Waals surface area contributed by atoms with Crippen LogP contribution in [-0.2, 0) is 14.3 Å². The number of hydrogen-bond donors (Lipinski definition) is 0. The highest BCUT2D eigenvalue weighted by molar-refractivity contribution is 5.79. The van der Waals surface area contributed by atoms with Crippen molar-refractivity contribution >= 4 is 11.8 Å². The van der Waals surface area contributed by atoms with E-state index >= 15 is 0 Å². The number of amides is 2. The zero-order valence-electron chi connectivity index (χ0n) is 12.1. The fraction of sp³-hybridized carbons (Fsp3) is 0.857. The van der Waals surface area contributed by atoms with Crippen molar-refractivity contribution in [2.75, 3.05) is 26.8 Å². The molecule has 108 valence electrons. The van der Waals surface area contributed by atoms with Crippen LogP contribution in [0, 0.1) is 0 Å². The van der Waals surface area contributed by atoms with E-state index in [4.69, 9.17) is 4.74 Å². The smallest absolute Gasteiger partial charge is 0.249 e. The van der Waals surface area contributed by atoms with E-state index in [-0.39, 0.29) is 30.0 Å². The standard InChI is InChI=1S/C14H24N2O3/c1-11(17)15-8-5-7-14(2)12(15)6-4-9-16(14)13(18)10-19-3/h12H,4-10H2,1-3H3/t12-,14+/m1/s1. The van der Waals surface area contributed by atoms with E-state index in [0.717, 1.165) is 38.8 Å². The fourth-order valence-electron chi connectivity index (χ4n) is 3.73. The summed E-state index contributed by atoms with van der Waals surface area (Å²) in [6.45, 7) is 5.48. The molecule has 0 saturated carbocycles. The Morgan fingerprint density at radius 1 is 1.32 bits per heavy atom. The lowest BCUT2D eigenvalue weighted by molar-refractivity contribution is -0.157. The van der Waals surface area contributed by atoms with Gasteiger partial charge in [0.1, 0.15) is 6.61 Å². The SMILES string of the molecule is COCC(=O)N1CCC[C@H]2N(C(C)=O)CCC[C@@]21C. The summed E-state index contributed by atoms with van der Waals surface area (Å²) in [4.78, 5) is 27.9. The van der Waals surface area contributed by atoms with E-state index in [1.165, 1.54) is 0 Å². The summed E-state index contributed by atoms with van der Waals surface area (Å²) < 4.78 is 4.98. The third-order valence-electron chi connectivity index (χ3n) is 4.63. The van der Waals surface area contributed by atoms with Crippen LogP contribution in [0.4, 0.5) is 0 Å². The Labute approximate surface area is 114 Å². The lowest BCUT2D eigenvalue weighted by atomic mass is 9.76. The second kappa shape index (κ2) is 5.49. The molecule has 2 heterocycles. The van der Waals surface area contributed by atoms with Crippen LogP contribution in [0.15, 0.2) is 0 Å². The quantitative estimate of drug-likeness (QED) is 0.751. The molecule has 5 nitrogen and oxygen atoms in total. The monoisotopic (exact) mass is 268 g/mol. The van der Waals surface area contributed by atoms with Gasteiger partial charge >= 0.3 is 0 Å². The zero-order chi connectivity index (χ0) is 14.0. The molecule has 0 aromatic carbocycles. The van der Waals surface area contributed by atoms with Crippen LogP contribution in [0.5, 0.6) is 0 Å². The van der Waals surface area contributed by atoms with Crippen LogP contribution in [0.3, 0.4) is 0 Å². The molecule has 0 N–H and O–H groups in total. The predicted octanol–water partition coefficient (Wildman–Crippen LogP) is 1.02. The molecule has 0 aromatic rings. The second-order valence-electron chi connectivity index (χ2n) is 5.81. The molecular weight excluding hydrogens is 244 g/mol. The number of carbonyl (C=O) groups is 2. The van der Waals surface area contributed by atoms with Crippen LogP contribution in [0.1, 0.15) is 39.5 Å². The molecule has 0 radical (unpaired) electrons. The molecule has 0 spiro atoms. The molecule has 5 heteroatoms. The largest absolute Gasteiger partial charge is 0.375 e. The summed E-state index contributed by atoms with van der Waals surface area (Å²) in [5.41, 5.74) is -0.224. The number of hydrogen-bond acceptors (Lipinski definition) is 3. The Balaban J connectivity index is 2.24. The summed E-state index contributed by atoms with van der Waals surface area (Å²) in [7, 11) is 1.55. The third kappa shape index (κ3) is 2.48. The first-order valence-electron chi connectivity index (χ1n) is 7.07. The highest BCUT2D eigenvalue weighted by Gasteiger charge is 2.49. The Kier molecular flexibility index (Phi) is 4.13. The van der Waals surface area contributed by atoms with Crippen LogP contribution < -0.4 is 0 Å². The van der Waals surface area contributed by atoms with E-state index in [9.17, 15) is 9.59 Å². The molecule has 0 aliphatic carbocycles. The van der Waals surface area contributed by atoms with Gasteiger partial charge in [-0.05, 0) is 32.6 Å². The van der Waals surface area contributed by atoms with Crippen molar-refractivity contribution in [3.63, 3.8) is 0 Å². The lowest BCUT2D eigenvalue weighted by Crippen LogP contribution is -2.68. The Morgan fingerprint density at radius 2 is 2.05 bits per heavy atom. The first-order chi connectivity index (χ1) is 9.00. The molecule has 2 saturated heterocycles. The summed E-state index contributed by atoms with van der Waals surface area (Å²) in [5.74, 6) is 0.164. The molecule has 0 bridgehead atoms. The van der Waals surface area contributed by atoms with Crippen molar-refractivity contribution in [1.82, 2.24) is 9.80 Å². The van der Waals surface area contributed by atoms with Crippen molar-refractivity contribution in [3.8, 4) is 0 Å². The van der Waals surface area contributed by atoms with Crippen LogP contribution in [0.25, 0.3) is 0 Å². The number of fused-ring (bicyclic) bond motifs is 1. The average Bonchev–Trinajstić information content (AvgIpc) is 2.36. The topological polar surface area (TPSA) is 49.9 Å². The summed E-state index contributed by atoms with van der Waals surface area (Å²) in [6, 6.07) is 0.160. The van der Waals surface area contributed by atoms with E-state index in [2.05, 4.69) is 6.92 Å². The molecule has 2 aliphatic heterocycles. The number of rotatable bonds is 2. The summed E-state index contributed by atoms with van der Waals surface area (Å²) >= 11 is 0. The zero-order valence-corrected chi connectivity index (χ0v) is 12.1. The molecule has 0 aromatic heterocycles. The molecule has 2 fully saturated rings. The fourth-order valence-corrected chi connectivity index (χ4v) is 3.73. The lowest BCUT2D eigenvalue weighted by Gasteiger charge is -2.56. The van der Waals surface area contributed by atoms with Gasteiger partial charge in [-0.1, -0.05) is 0 Å². The Bertz CT molecular complexity index is 372. The normalized spacial score (nSPS) is 31.0. The minimum Gasteiger partial charge on any atom is -0.375 e. The van der Waals surface area contributed by atoms with Gasteiger partial charge in [0, 0.05) is 27.1 Å². The molecule has 19 heavy (non-hydrogen) atoms. The van der Waals surface area contributed by atoms with E-state index < -0.39 is 0 Å². The first-order valence-corrected chi connectivity index (χ1v) is 7.07. The maximum Gasteiger partial charge on any atom is 0.249 e.